The van der Waals surface area contributed by atoms with Crippen molar-refractivity contribution in [2.45, 2.75) is 40.5 Å². The van der Waals surface area contributed by atoms with Crippen molar-refractivity contribution < 1.29 is 11.3 Å². The van der Waals surface area contributed by atoms with Crippen molar-refractivity contribution in [2.75, 3.05) is 13.1 Å². The molecule has 0 radical (unpaired) electrons. The van der Waals surface area contributed by atoms with E-state index >= 15 is 0 Å². The van der Waals surface area contributed by atoms with Crippen LogP contribution in [0.1, 0.15) is 40.5 Å². The number of hydrogen-bond donors (Lipinski definition) is 0. The Morgan fingerprint density at radius 1 is 0.933 bits per heavy atom. The first-order valence-electron chi connectivity index (χ1n) is 5.01. The van der Waals surface area contributed by atoms with Crippen LogP contribution in [0.5, 0.6) is 0 Å². The number of nitrogens with zero attached hydrogens (tertiary/aromatic N) is 2. The molecule has 0 unspecified atom stereocenters. The standard InChI is InChI=1S/C10H20N2.2BrH.Fe/c1-5-7-11-9(3)10(4)12-8-6-2;;;/h5-8H2,1-4H3;2*1H;/q;;;+2/p-2. The van der Waals surface area contributed by atoms with Crippen molar-refractivity contribution in [1.82, 2.24) is 0 Å². The molecule has 0 aliphatic carbocycles. The van der Waals surface area contributed by atoms with Crippen molar-refractivity contribution in [2.24, 2.45) is 9.98 Å². The Balaban J connectivity index is 0. The Hall–Kier alpha value is 0.819. The predicted octanol–water partition coefficient (Wildman–Crippen LogP) is 4.42. The molecule has 0 heterocycles. The van der Waals surface area contributed by atoms with Crippen LogP contribution in [-0.4, -0.2) is 24.5 Å². The van der Waals surface area contributed by atoms with Gasteiger partial charge in [0.2, 0.25) is 0 Å². The second-order valence-corrected chi connectivity index (χ2v) is 8.56. The second-order valence-electron chi connectivity index (χ2n) is 2.98. The molecule has 0 aromatic rings. The van der Waals surface area contributed by atoms with E-state index in [2.05, 4.69) is 52.1 Å². The molecule has 0 saturated carbocycles. The molecule has 0 aromatic heterocycles. The van der Waals surface area contributed by atoms with E-state index in [-0.39, 0.29) is 0 Å². The van der Waals surface area contributed by atoms with Gasteiger partial charge in [-0.05, 0) is 26.7 Å². The summed E-state index contributed by atoms with van der Waals surface area (Å²) in [6.45, 7) is 10.2. The molecular weight excluding hydrogens is 364 g/mol. The molecule has 0 amide bonds. The van der Waals surface area contributed by atoms with Gasteiger partial charge in [0, 0.05) is 13.1 Å². The Bertz CT molecular complexity index is 174. The fraction of sp³-hybridized carbons (Fsp3) is 0.800. The van der Waals surface area contributed by atoms with Crippen LogP contribution in [0.15, 0.2) is 9.98 Å². The average molecular weight is 384 g/mol. The van der Waals surface area contributed by atoms with Crippen LogP contribution < -0.4 is 0 Å². The minimum absolute atomic E-state index is 0.875. The van der Waals surface area contributed by atoms with E-state index in [4.69, 9.17) is 0 Å². The summed E-state index contributed by atoms with van der Waals surface area (Å²) in [5.41, 5.74) is 2.18. The van der Waals surface area contributed by atoms with Gasteiger partial charge in [0.05, 0.1) is 11.4 Å². The topological polar surface area (TPSA) is 24.7 Å². The number of aliphatic imine (C=N–C) groups is 2. The number of halogens is 2. The van der Waals surface area contributed by atoms with Gasteiger partial charge in [0.25, 0.3) is 0 Å². The normalized spacial score (nSPS) is 12.4. The molecule has 92 valence electrons. The third kappa shape index (κ3) is 14.8. The van der Waals surface area contributed by atoms with Gasteiger partial charge in [0.15, 0.2) is 0 Å². The summed E-state index contributed by atoms with van der Waals surface area (Å²) in [6.07, 6.45) is 2.22. The van der Waals surface area contributed by atoms with Gasteiger partial charge in [-0.1, -0.05) is 13.8 Å². The monoisotopic (exact) mass is 382 g/mol. The molecule has 2 nitrogen and oxygen atoms in total. The molecule has 0 aromatic carbocycles. The maximum atomic E-state index is 4.38. The van der Waals surface area contributed by atoms with Gasteiger partial charge in [-0.25, -0.2) is 0 Å². The van der Waals surface area contributed by atoms with Gasteiger partial charge < -0.3 is 0 Å². The first-order chi connectivity index (χ1) is 7.13. The molecule has 5 heteroatoms. The molecule has 0 saturated heterocycles. The summed E-state index contributed by atoms with van der Waals surface area (Å²) in [6, 6.07) is 0. The molecule has 0 rings (SSSR count). The van der Waals surface area contributed by atoms with Gasteiger partial charge in [-0.15, -0.1) is 0 Å². The third-order valence-corrected chi connectivity index (χ3v) is 1.67. The molecule has 0 aliphatic heterocycles. The molecule has 15 heavy (non-hydrogen) atoms. The van der Waals surface area contributed by atoms with Crippen molar-refractivity contribution in [3.8, 4) is 0 Å². The van der Waals surface area contributed by atoms with Crippen molar-refractivity contribution in [3.63, 3.8) is 0 Å². The summed E-state index contributed by atoms with van der Waals surface area (Å²) in [5, 5.41) is 0. The maximum absolute atomic E-state index is 4.38. The van der Waals surface area contributed by atoms with Gasteiger partial charge >= 0.3 is 39.6 Å². The van der Waals surface area contributed by atoms with Crippen LogP contribution >= 0.6 is 28.2 Å². The SMILES string of the molecule is CCCN=C(C)C(C)=NCCC.[Br][Fe][Br]. The van der Waals surface area contributed by atoms with E-state index in [0.717, 1.165) is 48.7 Å². The number of hydrogen-bond acceptors (Lipinski definition) is 2. The third-order valence-electron chi connectivity index (χ3n) is 1.67. The fourth-order valence-corrected chi connectivity index (χ4v) is 0.788. The van der Waals surface area contributed by atoms with E-state index in [1.807, 2.05) is 13.8 Å². The summed E-state index contributed by atoms with van der Waals surface area (Å²) >= 11 is 7.00. The van der Waals surface area contributed by atoms with E-state index in [9.17, 15) is 0 Å². The van der Waals surface area contributed by atoms with Crippen LogP contribution in [0.3, 0.4) is 0 Å². The zero-order valence-electron chi connectivity index (χ0n) is 9.83. The van der Waals surface area contributed by atoms with Crippen LogP contribution in [0.25, 0.3) is 0 Å². The van der Waals surface area contributed by atoms with E-state index < -0.39 is 0 Å². The number of rotatable bonds is 5. The summed E-state index contributed by atoms with van der Waals surface area (Å²) in [5.74, 6) is 0. The van der Waals surface area contributed by atoms with Gasteiger partial charge in [0.1, 0.15) is 0 Å². The second kappa shape index (κ2) is 14.8. The molecular formula is C10H20Br2FeN2. The zero-order chi connectivity index (χ0) is 12.1. The fourth-order valence-electron chi connectivity index (χ4n) is 0.788. The van der Waals surface area contributed by atoms with E-state index in [1.165, 1.54) is 0 Å². The van der Waals surface area contributed by atoms with Crippen LogP contribution in [-0.2, 0) is 11.3 Å². The first-order valence-corrected chi connectivity index (χ1v) is 10.5. The van der Waals surface area contributed by atoms with E-state index in [0.29, 0.717) is 0 Å². The molecule has 0 atom stereocenters. The minimum atomic E-state index is 0.875. The van der Waals surface area contributed by atoms with Crippen LogP contribution in [0.4, 0.5) is 0 Å². The van der Waals surface area contributed by atoms with Crippen molar-refractivity contribution in [3.05, 3.63) is 0 Å². The Morgan fingerprint density at radius 2 is 1.20 bits per heavy atom. The first kappa shape index (κ1) is 18.2. The summed E-state index contributed by atoms with van der Waals surface area (Å²) in [7, 11) is 0. The van der Waals surface area contributed by atoms with Crippen LogP contribution in [0, 0.1) is 0 Å². The van der Waals surface area contributed by atoms with Crippen molar-refractivity contribution >= 4 is 39.6 Å². The predicted molar refractivity (Wildman–Crippen MR) is 74.4 cm³/mol. The van der Waals surface area contributed by atoms with Gasteiger partial charge in [-0.3, -0.25) is 9.98 Å². The molecule has 0 spiro atoms. The Morgan fingerprint density at radius 3 is 1.40 bits per heavy atom. The quantitative estimate of drug-likeness (QED) is 0.496. The van der Waals surface area contributed by atoms with Crippen molar-refractivity contribution in [1.29, 1.82) is 0 Å². The molecule has 0 bridgehead atoms. The summed E-state index contributed by atoms with van der Waals surface area (Å²) < 4.78 is 0. The Kier molecular flexibility index (Phi) is 18.0. The summed E-state index contributed by atoms with van der Waals surface area (Å²) in [4.78, 5) is 8.76. The zero-order valence-corrected chi connectivity index (χ0v) is 14.1. The van der Waals surface area contributed by atoms with Crippen LogP contribution in [0.2, 0.25) is 0 Å². The molecule has 0 N–H and O–H groups in total. The van der Waals surface area contributed by atoms with Gasteiger partial charge in [-0.2, -0.15) is 0 Å². The van der Waals surface area contributed by atoms with E-state index in [1.54, 1.807) is 0 Å². The average Bonchev–Trinajstić information content (AvgIpc) is 2.23. The molecule has 0 fully saturated rings. The Labute approximate surface area is 114 Å². The molecule has 0 aliphatic rings.